The van der Waals surface area contributed by atoms with Crippen molar-refractivity contribution in [1.29, 1.82) is 0 Å². The van der Waals surface area contributed by atoms with Crippen LogP contribution in [0.2, 0.25) is 0 Å². The number of rotatable bonds is 1. The predicted molar refractivity (Wildman–Crippen MR) is 42.8 cm³/mol. The molecule has 0 aromatic carbocycles. The molecule has 0 radical (unpaired) electrons. The first kappa shape index (κ1) is 6.17. The zero-order chi connectivity index (χ0) is 6.97. The molecule has 0 saturated carbocycles. The minimum absolute atomic E-state index is 0.643. The summed E-state index contributed by atoms with van der Waals surface area (Å²) < 4.78 is 0. The second kappa shape index (κ2) is 2.24. The summed E-state index contributed by atoms with van der Waals surface area (Å²) in [4.78, 5) is 0. The van der Waals surface area contributed by atoms with Gasteiger partial charge in [0.05, 0.1) is 0 Å². The first-order chi connectivity index (χ1) is 4.90. The van der Waals surface area contributed by atoms with E-state index in [0.717, 1.165) is 0 Å². The lowest BCUT2D eigenvalue weighted by molar-refractivity contribution is 0.599. The highest BCUT2D eigenvalue weighted by atomic mass is 15.0. The van der Waals surface area contributed by atoms with Crippen LogP contribution in [-0.4, -0.2) is 12.1 Å². The molecule has 2 rings (SSSR count). The molecule has 2 bridgehead atoms. The average Bonchev–Trinajstić information content (AvgIpc) is 2.26. The van der Waals surface area contributed by atoms with E-state index in [2.05, 4.69) is 30.5 Å². The highest BCUT2D eigenvalue weighted by Gasteiger charge is 2.26. The van der Waals surface area contributed by atoms with Crippen molar-refractivity contribution in [2.75, 3.05) is 0 Å². The van der Waals surface area contributed by atoms with E-state index in [1.807, 2.05) is 0 Å². The summed E-state index contributed by atoms with van der Waals surface area (Å²) in [5.41, 5.74) is 1.59. The molecule has 1 N–H and O–H groups in total. The lowest BCUT2D eigenvalue weighted by Gasteiger charge is -2.07. The van der Waals surface area contributed by atoms with Crippen LogP contribution < -0.4 is 5.32 Å². The highest BCUT2D eigenvalue weighted by molar-refractivity contribution is 5.30. The molecule has 0 aromatic heterocycles. The van der Waals surface area contributed by atoms with E-state index in [0.29, 0.717) is 12.1 Å². The third-order valence-electron chi connectivity index (χ3n) is 2.38. The fourth-order valence-corrected chi connectivity index (χ4v) is 1.82. The maximum absolute atomic E-state index is 3.55. The molecule has 1 heterocycles. The number of hydrogen-bond donors (Lipinski definition) is 1. The summed E-state index contributed by atoms with van der Waals surface area (Å²) in [5, 5.41) is 3.55. The minimum Gasteiger partial charge on any atom is -0.304 e. The van der Waals surface area contributed by atoms with Crippen LogP contribution in [0.5, 0.6) is 0 Å². The van der Waals surface area contributed by atoms with E-state index in [1.54, 1.807) is 5.57 Å². The van der Waals surface area contributed by atoms with Gasteiger partial charge < -0.3 is 5.32 Å². The van der Waals surface area contributed by atoms with Crippen molar-refractivity contribution in [2.24, 2.45) is 0 Å². The fourth-order valence-electron chi connectivity index (χ4n) is 1.82. The van der Waals surface area contributed by atoms with E-state index < -0.39 is 0 Å². The Labute approximate surface area is 61.8 Å². The maximum Gasteiger partial charge on any atom is 0.0296 e. The van der Waals surface area contributed by atoms with Crippen LogP contribution in [0.3, 0.4) is 0 Å². The molecule has 1 aliphatic heterocycles. The summed E-state index contributed by atoms with van der Waals surface area (Å²) in [6, 6.07) is 1.31. The third kappa shape index (κ3) is 0.816. The Morgan fingerprint density at radius 1 is 1.70 bits per heavy atom. The first-order valence-electron chi connectivity index (χ1n) is 4.03. The molecule has 2 atom stereocenters. The Morgan fingerprint density at radius 2 is 2.60 bits per heavy atom. The van der Waals surface area contributed by atoms with Gasteiger partial charge in [0.1, 0.15) is 0 Å². The zero-order valence-corrected chi connectivity index (χ0v) is 6.30. The monoisotopic (exact) mass is 135 g/mol. The van der Waals surface area contributed by atoms with Crippen LogP contribution in [0.4, 0.5) is 0 Å². The number of nitrogens with one attached hydrogen (secondary N) is 1. The normalized spacial score (nSPS) is 36.3. The van der Waals surface area contributed by atoms with Gasteiger partial charge in [-0.15, -0.1) is 0 Å². The van der Waals surface area contributed by atoms with Crippen molar-refractivity contribution >= 4 is 0 Å². The van der Waals surface area contributed by atoms with Crippen LogP contribution in [-0.2, 0) is 0 Å². The smallest absolute Gasteiger partial charge is 0.0296 e. The third-order valence-corrected chi connectivity index (χ3v) is 2.38. The second-order valence-corrected chi connectivity index (χ2v) is 3.06. The van der Waals surface area contributed by atoms with Gasteiger partial charge in [-0.3, -0.25) is 0 Å². The Bertz CT molecular complexity index is 191. The summed E-state index contributed by atoms with van der Waals surface area (Å²) >= 11 is 0. The SMILES string of the molecule is CCC1N[C@H]2C=CC=C1C2. The van der Waals surface area contributed by atoms with E-state index in [-0.39, 0.29) is 0 Å². The second-order valence-electron chi connectivity index (χ2n) is 3.06. The van der Waals surface area contributed by atoms with Crippen LogP contribution in [0.1, 0.15) is 19.8 Å². The summed E-state index contributed by atoms with van der Waals surface area (Å²) in [6.45, 7) is 2.24. The largest absolute Gasteiger partial charge is 0.304 e. The topological polar surface area (TPSA) is 12.0 Å². The van der Waals surface area contributed by atoms with E-state index in [9.17, 15) is 0 Å². The minimum atomic E-state index is 0.643. The van der Waals surface area contributed by atoms with Gasteiger partial charge >= 0.3 is 0 Å². The number of hydrogen-bond acceptors (Lipinski definition) is 1. The van der Waals surface area contributed by atoms with Gasteiger partial charge in [0.2, 0.25) is 0 Å². The number of allylic oxidation sites excluding steroid dienone is 2. The Balaban J connectivity index is 2.21. The van der Waals surface area contributed by atoms with Crippen molar-refractivity contribution in [3.63, 3.8) is 0 Å². The molecule has 10 heavy (non-hydrogen) atoms. The number of fused-ring (bicyclic) bond motifs is 2. The maximum atomic E-state index is 3.55. The van der Waals surface area contributed by atoms with Gasteiger partial charge in [-0.25, -0.2) is 0 Å². The van der Waals surface area contributed by atoms with Gasteiger partial charge in [0.15, 0.2) is 0 Å². The van der Waals surface area contributed by atoms with Crippen molar-refractivity contribution in [2.45, 2.75) is 31.8 Å². The molecule has 1 heteroatoms. The lowest BCUT2D eigenvalue weighted by atomic mass is 10.0. The van der Waals surface area contributed by atoms with Gasteiger partial charge in [-0.1, -0.05) is 30.7 Å². The summed E-state index contributed by atoms with van der Waals surface area (Å²) in [5.74, 6) is 0. The van der Waals surface area contributed by atoms with E-state index in [1.165, 1.54) is 12.8 Å². The standard InChI is InChI=1S/C9H13N/c1-2-9-7-4-3-5-8(6-7)10-9/h3-5,8-10H,2,6H2,1H3/t8-,9?/m0/s1. The molecule has 54 valence electrons. The molecule has 0 spiro atoms. The van der Waals surface area contributed by atoms with Crippen molar-refractivity contribution in [3.05, 3.63) is 23.8 Å². The molecule has 1 saturated heterocycles. The molecule has 0 aromatic rings. The Kier molecular flexibility index (Phi) is 1.38. The van der Waals surface area contributed by atoms with Gasteiger partial charge in [-0.2, -0.15) is 0 Å². The lowest BCUT2D eigenvalue weighted by Crippen LogP contribution is -2.26. The first-order valence-corrected chi connectivity index (χ1v) is 4.03. The Hall–Kier alpha value is -0.560. The van der Waals surface area contributed by atoms with E-state index >= 15 is 0 Å². The Morgan fingerprint density at radius 3 is 3.30 bits per heavy atom. The molecule has 1 nitrogen and oxygen atoms in total. The molecular weight excluding hydrogens is 122 g/mol. The van der Waals surface area contributed by atoms with Crippen molar-refractivity contribution in [1.82, 2.24) is 5.32 Å². The predicted octanol–water partition coefficient (Wildman–Crippen LogP) is 1.62. The van der Waals surface area contributed by atoms with Crippen molar-refractivity contribution in [3.8, 4) is 0 Å². The van der Waals surface area contributed by atoms with Crippen LogP contribution >= 0.6 is 0 Å². The molecule has 2 aliphatic rings. The van der Waals surface area contributed by atoms with Crippen molar-refractivity contribution < 1.29 is 0 Å². The van der Waals surface area contributed by atoms with Crippen LogP contribution in [0.25, 0.3) is 0 Å². The highest BCUT2D eigenvalue weighted by Crippen LogP contribution is 2.25. The zero-order valence-electron chi connectivity index (χ0n) is 6.30. The molecule has 1 aliphatic carbocycles. The molecule has 1 unspecified atom stereocenters. The summed E-state index contributed by atoms with van der Waals surface area (Å²) in [6.07, 6.45) is 9.15. The van der Waals surface area contributed by atoms with Gasteiger partial charge in [0, 0.05) is 12.1 Å². The quantitative estimate of drug-likeness (QED) is 0.576. The molecular formula is C9H13N. The van der Waals surface area contributed by atoms with Crippen LogP contribution in [0.15, 0.2) is 23.8 Å². The fraction of sp³-hybridized carbons (Fsp3) is 0.556. The van der Waals surface area contributed by atoms with Gasteiger partial charge in [-0.05, 0) is 12.8 Å². The average molecular weight is 135 g/mol. The molecule has 0 amide bonds. The van der Waals surface area contributed by atoms with Crippen LogP contribution in [0, 0.1) is 0 Å². The van der Waals surface area contributed by atoms with E-state index in [4.69, 9.17) is 0 Å². The molecule has 1 fully saturated rings. The summed E-state index contributed by atoms with van der Waals surface area (Å²) in [7, 11) is 0. The van der Waals surface area contributed by atoms with Gasteiger partial charge in [0.25, 0.3) is 0 Å².